The van der Waals surface area contributed by atoms with Gasteiger partial charge in [0.25, 0.3) is 0 Å². The Morgan fingerprint density at radius 1 is 1.03 bits per heavy atom. The van der Waals surface area contributed by atoms with Crippen molar-refractivity contribution in [1.29, 1.82) is 0 Å². The van der Waals surface area contributed by atoms with Crippen molar-refractivity contribution < 1.29 is 4.74 Å². The minimum Gasteiger partial charge on any atom is -0.474 e. The van der Waals surface area contributed by atoms with Gasteiger partial charge in [0.2, 0.25) is 5.88 Å². The zero-order valence-corrected chi connectivity index (χ0v) is 17.3. The fraction of sp³-hybridized carbons (Fsp3) is 0.391. The number of pyridine rings is 1. The van der Waals surface area contributed by atoms with Crippen molar-refractivity contribution >= 4 is 11.6 Å². The lowest BCUT2D eigenvalue weighted by molar-refractivity contribution is 0.139. The summed E-state index contributed by atoms with van der Waals surface area (Å²) in [5.74, 6) is 2.34. The maximum absolute atomic E-state index is 6.29. The number of hydrogen-bond donors (Lipinski definition) is 0. The normalized spacial score (nSPS) is 21.9. The molecule has 0 amide bonds. The zero-order valence-electron chi connectivity index (χ0n) is 16.6. The predicted octanol–water partition coefficient (Wildman–Crippen LogP) is 4.97. The fourth-order valence-electron chi connectivity index (χ4n) is 4.63. The van der Waals surface area contributed by atoms with E-state index in [2.05, 4.69) is 33.6 Å². The van der Waals surface area contributed by atoms with Gasteiger partial charge >= 0.3 is 0 Å². The Bertz CT molecular complexity index is 995. The van der Waals surface area contributed by atoms with Crippen LogP contribution in [0.5, 0.6) is 5.88 Å². The van der Waals surface area contributed by atoms with Gasteiger partial charge in [-0.05, 0) is 62.6 Å². The van der Waals surface area contributed by atoms with E-state index in [1.807, 2.05) is 30.5 Å². The first-order chi connectivity index (χ1) is 14.2. The molecule has 0 bridgehead atoms. The lowest BCUT2D eigenvalue weighted by Gasteiger charge is -2.29. The van der Waals surface area contributed by atoms with Crippen molar-refractivity contribution in [2.45, 2.75) is 50.8 Å². The van der Waals surface area contributed by atoms with E-state index in [0.717, 1.165) is 49.7 Å². The Kier molecular flexibility index (Phi) is 5.02. The van der Waals surface area contributed by atoms with E-state index in [1.165, 1.54) is 22.8 Å². The van der Waals surface area contributed by atoms with Gasteiger partial charge in [-0.2, -0.15) is 0 Å². The number of hydrogen-bond acceptors (Lipinski definition) is 4. The average Bonchev–Trinajstić information content (AvgIpc) is 3.06. The van der Waals surface area contributed by atoms with Gasteiger partial charge in [0.1, 0.15) is 11.9 Å². The van der Waals surface area contributed by atoms with Crippen LogP contribution in [-0.4, -0.2) is 32.6 Å². The van der Waals surface area contributed by atoms with Gasteiger partial charge in [-0.25, -0.2) is 9.97 Å². The highest BCUT2D eigenvalue weighted by Crippen LogP contribution is 2.37. The van der Waals surface area contributed by atoms with Gasteiger partial charge in [0.05, 0.1) is 17.6 Å². The van der Waals surface area contributed by atoms with Crippen LogP contribution < -0.4 is 4.74 Å². The number of fused-ring (bicyclic) bond motifs is 3. The summed E-state index contributed by atoms with van der Waals surface area (Å²) in [5.41, 5.74) is 3.72. The second-order valence-corrected chi connectivity index (χ2v) is 8.58. The lowest BCUT2D eigenvalue weighted by Crippen LogP contribution is -2.25. The Morgan fingerprint density at radius 3 is 2.69 bits per heavy atom. The molecule has 1 saturated carbocycles. The molecule has 0 saturated heterocycles. The molecule has 150 valence electrons. The van der Waals surface area contributed by atoms with E-state index in [-0.39, 0.29) is 6.10 Å². The summed E-state index contributed by atoms with van der Waals surface area (Å²) in [7, 11) is 2.15. The summed E-state index contributed by atoms with van der Waals surface area (Å²) >= 11 is 6.29. The molecule has 0 spiro atoms. The molecule has 0 N–H and O–H groups in total. The third-order valence-electron chi connectivity index (χ3n) is 5.98. The van der Waals surface area contributed by atoms with Gasteiger partial charge in [-0.1, -0.05) is 17.7 Å². The quantitative estimate of drug-likeness (QED) is 0.613. The van der Waals surface area contributed by atoms with Crippen LogP contribution in [0.4, 0.5) is 0 Å². The monoisotopic (exact) mass is 408 g/mol. The van der Waals surface area contributed by atoms with Crippen LogP contribution in [0.1, 0.15) is 48.7 Å². The smallest absolute Gasteiger partial charge is 0.213 e. The minimum atomic E-state index is 0.233. The van der Waals surface area contributed by atoms with Crippen molar-refractivity contribution in [3.8, 4) is 11.6 Å². The first kappa shape index (κ1) is 18.6. The molecule has 0 unspecified atom stereocenters. The molecule has 1 aliphatic heterocycles. The van der Waals surface area contributed by atoms with Gasteiger partial charge in [0.15, 0.2) is 0 Å². The number of nitrogens with zero attached hydrogens (tertiary/aromatic N) is 4. The molecule has 2 aromatic heterocycles. The molecule has 5 rings (SSSR count). The number of ether oxygens (including phenoxy) is 1. The molecule has 3 aromatic rings. The van der Waals surface area contributed by atoms with Gasteiger partial charge < -0.3 is 4.74 Å². The van der Waals surface area contributed by atoms with Crippen LogP contribution in [0.2, 0.25) is 5.02 Å². The van der Waals surface area contributed by atoms with E-state index in [9.17, 15) is 0 Å². The van der Waals surface area contributed by atoms with Crippen LogP contribution in [0.3, 0.4) is 0 Å². The van der Waals surface area contributed by atoms with Crippen LogP contribution in [0.15, 0.2) is 48.8 Å². The Balaban J connectivity index is 1.38. The number of aromatic nitrogens is 3. The predicted molar refractivity (Wildman–Crippen MR) is 114 cm³/mol. The molecule has 3 heterocycles. The van der Waals surface area contributed by atoms with Crippen LogP contribution >= 0.6 is 11.6 Å². The standard InChI is InChI=1S/C23H25ClN4O/c1-27-14-17-12-18(24)7-10-21(17)28-19(15-27)13-26-23(28)16-5-8-20(9-6-16)29-22-4-2-3-11-25-22/h2-4,7,10-13,16,20H,5-6,8-9,14-15H2,1H3. The molecule has 1 fully saturated rings. The summed E-state index contributed by atoms with van der Waals surface area (Å²) in [5, 5.41) is 0.787. The zero-order chi connectivity index (χ0) is 19.8. The second-order valence-electron chi connectivity index (χ2n) is 8.15. The van der Waals surface area contributed by atoms with Crippen LogP contribution in [-0.2, 0) is 13.1 Å². The lowest BCUT2D eigenvalue weighted by atomic mass is 9.86. The molecule has 0 atom stereocenters. The summed E-state index contributed by atoms with van der Waals surface area (Å²) in [4.78, 5) is 11.5. The molecule has 29 heavy (non-hydrogen) atoms. The largest absolute Gasteiger partial charge is 0.474 e. The van der Waals surface area contributed by atoms with Crippen molar-refractivity contribution in [3.05, 3.63) is 70.9 Å². The number of benzene rings is 1. The SMILES string of the molecule is CN1Cc2cc(Cl)ccc2-n2c(cnc2C2CCC(Oc3ccccn3)CC2)C1. The topological polar surface area (TPSA) is 43.2 Å². The molecule has 1 aliphatic carbocycles. The molecular formula is C23H25ClN4O. The first-order valence-corrected chi connectivity index (χ1v) is 10.7. The molecular weight excluding hydrogens is 384 g/mol. The average molecular weight is 409 g/mol. The van der Waals surface area contributed by atoms with Gasteiger partial charge in [-0.3, -0.25) is 9.47 Å². The van der Waals surface area contributed by atoms with Crippen molar-refractivity contribution in [1.82, 2.24) is 19.4 Å². The summed E-state index contributed by atoms with van der Waals surface area (Å²) in [6.45, 7) is 1.78. The Labute approximate surface area is 176 Å². The fourth-order valence-corrected chi connectivity index (χ4v) is 4.82. The van der Waals surface area contributed by atoms with Crippen molar-refractivity contribution in [3.63, 3.8) is 0 Å². The third-order valence-corrected chi connectivity index (χ3v) is 6.22. The highest BCUT2D eigenvalue weighted by atomic mass is 35.5. The summed E-state index contributed by atoms with van der Waals surface area (Å²) in [6.07, 6.45) is 8.26. The van der Waals surface area contributed by atoms with Crippen molar-refractivity contribution in [2.24, 2.45) is 0 Å². The van der Waals surface area contributed by atoms with E-state index >= 15 is 0 Å². The van der Waals surface area contributed by atoms with Gasteiger partial charge in [-0.15, -0.1) is 0 Å². The van der Waals surface area contributed by atoms with Gasteiger partial charge in [0, 0.05) is 36.3 Å². The summed E-state index contributed by atoms with van der Waals surface area (Å²) < 4.78 is 8.45. The second kappa shape index (κ2) is 7.81. The number of rotatable bonds is 3. The van der Waals surface area contributed by atoms with E-state index < -0.39 is 0 Å². The highest BCUT2D eigenvalue weighted by molar-refractivity contribution is 6.30. The van der Waals surface area contributed by atoms with E-state index in [4.69, 9.17) is 21.3 Å². The third kappa shape index (κ3) is 3.77. The molecule has 6 heteroatoms. The maximum atomic E-state index is 6.29. The Hall–Kier alpha value is -2.37. The van der Waals surface area contributed by atoms with Crippen LogP contribution in [0, 0.1) is 0 Å². The summed E-state index contributed by atoms with van der Waals surface area (Å²) in [6, 6.07) is 12.0. The Morgan fingerprint density at radius 2 is 1.90 bits per heavy atom. The molecule has 1 aromatic carbocycles. The van der Waals surface area contributed by atoms with E-state index in [0.29, 0.717) is 5.92 Å². The highest BCUT2D eigenvalue weighted by Gasteiger charge is 2.29. The molecule has 2 aliphatic rings. The molecule has 0 radical (unpaired) electrons. The van der Waals surface area contributed by atoms with Crippen LogP contribution in [0.25, 0.3) is 5.69 Å². The number of halogens is 1. The maximum Gasteiger partial charge on any atom is 0.213 e. The van der Waals surface area contributed by atoms with E-state index in [1.54, 1.807) is 6.20 Å². The number of imidazole rings is 1. The molecule has 5 nitrogen and oxygen atoms in total. The van der Waals surface area contributed by atoms with Crippen molar-refractivity contribution in [2.75, 3.05) is 7.05 Å². The minimum absolute atomic E-state index is 0.233. The first-order valence-electron chi connectivity index (χ1n) is 10.3.